The number of rotatable bonds is 15. The van der Waals surface area contributed by atoms with Gasteiger partial charge in [0.05, 0.1) is 12.2 Å². The van der Waals surface area contributed by atoms with Gasteiger partial charge in [0.2, 0.25) is 0 Å². The highest BCUT2D eigenvalue weighted by molar-refractivity contribution is 7.99. The van der Waals surface area contributed by atoms with Gasteiger partial charge < -0.3 is 10.2 Å². The first kappa shape index (κ1) is 28.0. The van der Waals surface area contributed by atoms with E-state index in [2.05, 4.69) is 70.4 Å². The Kier molecular flexibility index (Phi) is 12.4. The van der Waals surface area contributed by atoms with Crippen molar-refractivity contribution in [2.45, 2.75) is 111 Å². The highest BCUT2D eigenvalue weighted by Crippen LogP contribution is 2.48. The number of allylic oxidation sites excluding steroid dienone is 2. The molecule has 0 radical (unpaired) electrons. The number of hydrogen-bond acceptors (Lipinski definition) is 4. The van der Waals surface area contributed by atoms with Crippen LogP contribution >= 0.6 is 11.8 Å². The van der Waals surface area contributed by atoms with Crippen molar-refractivity contribution in [3.8, 4) is 0 Å². The fourth-order valence-electron chi connectivity index (χ4n) is 5.80. The Morgan fingerprint density at radius 2 is 1.88 bits per heavy atom. The van der Waals surface area contributed by atoms with E-state index in [1.54, 1.807) is 5.57 Å². The third-order valence-corrected chi connectivity index (χ3v) is 8.55. The monoisotopic (exact) mass is 465 g/mol. The maximum Gasteiger partial charge on any atom is 0.0723 e. The van der Waals surface area contributed by atoms with Gasteiger partial charge in [-0.3, -0.25) is 4.90 Å². The number of aliphatic hydroxyl groups excluding tert-OH is 2. The number of fused-ring (bicyclic) bond motifs is 1. The Hall–Kier alpha value is -0.290. The summed E-state index contributed by atoms with van der Waals surface area (Å²) < 4.78 is 0. The van der Waals surface area contributed by atoms with E-state index in [0.717, 1.165) is 19.3 Å². The summed E-state index contributed by atoms with van der Waals surface area (Å²) in [5, 5.41) is 21.1. The summed E-state index contributed by atoms with van der Waals surface area (Å²) in [7, 11) is 0. The molecule has 32 heavy (non-hydrogen) atoms. The van der Waals surface area contributed by atoms with Crippen LogP contribution in [0.1, 0.15) is 86.5 Å². The van der Waals surface area contributed by atoms with Gasteiger partial charge in [0.25, 0.3) is 0 Å². The summed E-state index contributed by atoms with van der Waals surface area (Å²) >= 11 is 2.08. The van der Waals surface area contributed by atoms with Crippen LogP contribution in [0, 0.1) is 23.7 Å². The van der Waals surface area contributed by atoms with E-state index in [1.807, 2.05) is 6.08 Å². The molecule has 0 aromatic rings. The van der Waals surface area contributed by atoms with Crippen LogP contribution in [0.2, 0.25) is 0 Å². The number of hydrogen-bond donors (Lipinski definition) is 2. The van der Waals surface area contributed by atoms with Crippen molar-refractivity contribution in [3.63, 3.8) is 0 Å². The zero-order valence-electron chi connectivity index (χ0n) is 21.7. The second kappa shape index (κ2) is 14.2. The average Bonchev–Trinajstić information content (AvgIpc) is 3.23. The van der Waals surface area contributed by atoms with Gasteiger partial charge in [-0.25, -0.2) is 0 Å². The van der Waals surface area contributed by atoms with Crippen LogP contribution in [0.5, 0.6) is 0 Å². The summed E-state index contributed by atoms with van der Waals surface area (Å²) in [6, 6.07) is 1.23. The third-order valence-electron chi connectivity index (χ3n) is 7.59. The predicted octanol–water partition coefficient (Wildman–Crippen LogP) is 6.31. The molecule has 1 saturated carbocycles. The van der Waals surface area contributed by atoms with Crippen molar-refractivity contribution in [1.29, 1.82) is 0 Å². The van der Waals surface area contributed by atoms with E-state index in [9.17, 15) is 10.2 Å². The molecule has 0 unspecified atom stereocenters. The zero-order valence-corrected chi connectivity index (χ0v) is 22.5. The van der Waals surface area contributed by atoms with E-state index >= 15 is 0 Å². The lowest BCUT2D eigenvalue weighted by atomic mass is 9.88. The van der Waals surface area contributed by atoms with Crippen LogP contribution in [-0.4, -0.2) is 57.5 Å². The molecule has 0 spiro atoms. The minimum absolute atomic E-state index is 0.202. The van der Waals surface area contributed by atoms with Crippen LogP contribution in [0.25, 0.3) is 0 Å². The minimum atomic E-state index is -0.380. The smallest absolute Gasteiger partial charge is 0.0723 e. The van der Waals surface area contributed by atoms with Crippen LogP contribution < -0.4 is 0 Å². The molecular weight excluding hydrogens is 414 g/mol. The molecule has 2 rings (SSSR count). The lowest BCUT2D eigenvalue weighted by molar-refractivity contribution is 0.139. The predicted molar refractivity (Wildman–Crippen MR) is 141 cm³/mol. The second-order valence-corrected chi connectivity index (χ2v) is 12.2. The van der Waals surface area contributed by atoms with E-state index in [-0.39, 0.29) is 18.1 Å². The van der Waals surface area contributed by atoms with E-state index < -0.39 is 0 Å². The second-order valence-electron chi connectivity index (χ2n) is 11.0. The van der Waals surface area contributed by atoms with Gasteiger partial charge in [-0.2, -0.15) is 11.8 Å². The van der Waals surface area contributed by atoms with Crippen LogP contribution in [-0.2, 0) is 0 Å². The Labute approximate surface area is 203 Å². The minimum Gasteiger partial charge on any atom is -0.392 e. The first-order chi connectivity index (χ1) is 15.2. The van der Waals surface area contributed by atoms with E-state index in [4.69, 9.17) is 0 Å². The molecule has 2 N–H and O–H groups in total. The van der Waals surface area contributed by atoms with Crippen molar-refractivity contribution in [2.24, 2.45) is 23.7 Å². The standard InChI is InChI=1S/C28H51NO2S/c1-7-8-9-22(6)16-25(30)10-11-26-27-18-23(17-24(27)19-28(26)31)12-14-32-15-13-29(20(2)3)21(4)5/h10-11,17,20-22,24-28,30-31H,7-9,12-16,18-19H2,1-6H3/t22-,24-,25+,26+,27-,28+/m0/s1. The molecule has 0 amide bonds. The Bertz CT molecular complexity index is 580. The molecule has 0 aliphatic heterocycles. The average molecular weight is 466 g/mol. The SMILES string of the molecule is CCCC[C@H](C)C[C@H](O)C=C[C@@H]1[C@H]2CC(CCSCCN(C(C)C)C(C)C)=C[C@H]2C[C@H]1O. The van der Waals surface area contributed by atoms with Crippen LogP contribution in [0.3, 0.4) is 0 Å². The molecule has 0 heterocycles. The highest BCUT2D eigenvalue weighted by Gasteiger charge is 2.43. The Morgan fingerprint density at radius 3 is 2.53 bits per heavy atom. The molecule has 0 aromatic heterocycles. The maximum absolute atomic E-state index is 10.6. The van der Waals surface area contributed by atoms with Crippen molar-refractivity contribution < 1.29 is 10.2 Å². The zero-order chi connectivity index (χ0) is 23.7. The summed E-state index contributed by atoms with van der Waals surface area (Å²) in [4.78, 5) is 2.57. The normalized spacial score (nSPS) is 27.7. The molecule has 4 heteroatoms. The van der Waals surface area contributed by atoms with Crippen molar-refractivity contribution in [1.82, 2.24) is 4.90 Å². The molecule has 0 saturated heterocycles. The van der Waals surface area contributed by atoms with Crippen LogP contribution in [0.4, 0.5) is 0 Å². The maximum atomic E-state index is 10.6. The van der Waals surface area contributed by atoms with Gasteiger partial charge in [-0.15, -0.1) is 0 Å². The first-order valence-electron chi connectivity index (χ1n) is 13.3. The van der Waals surface area contributed by atoms with Gasteiger partial charge in [-0.1, -0.05) is 56.9 Å². The summed E-state index contributed by atoms with van der Waals surface area (Å²) in [5.74, 6) is 4.22. The van der Waals surface area contributed by atoms with Gasteiger partial charge in [0.1, 0.15) is 0 Å². The summed E-state index contributed by atoms with van der Waals surface area (Å²) in [5.41, 5.74) is 1.59. The summed E-state index contributed by atoms with van der Waals surface area (Å²) in [6.45, 7) is 14.8. The molecule has 3 nitrogen and oxygen atoms in total. The van der Waals surface area contributed by atoms with Crippen LogP contribution in [0.15, 0.2) is 23.8 Å². The van der Waals surface area contributed by atoms with Gasteiger partial charge in [0, 0.05) is 30.3 Å². The largest absolute Gasteiger partial charge is 0.392 e. The van der Waals surface area contributed by atoms with Crippen molar-refractivity contribution in [2.75, 3.05) is 18.1 Å². The number of aliphatic hydroxyl groups is 2. The Balaban J connectivity index is 1.73. The number of nitrogens with zero attached hydrogens (tertiary/aromatic N) is 1. The summed E-state index contributed by atoms with van der Waals surface area (Å²) in [6.07, 6.45) is 13.6. The molecule has 0 bridgehead atoms. The molecule has 2 aliphatic rings. The lowest BCUT2D eigenvalue weighted by Gasteiger charge is -2.30. The fourth-order valence-corrected chi connectivity index (χ4v) is 6.75. The van der Waals surface area contributed by atoms with Gasteiger partial charge >= 0.3 is 0 Å². The van der Waals surface area contributed by atoms with Gasteiger partial charge in [0.15, 0.2) is 0 Å². The first-order valence-corrected chi connectivity index (χ1v) is 14.5. The molecule has 6 atom stereocenters. The highest BCUT2D eigenvalue weighted by atomic mass is 32.2. The van der Waals surface area contributed by atoms with E-state index in [0.29, 0.717) is 29.8 Å². The fraction of sp³-hybridized carbons (Fsp3) is 0.857. The quantitative estimate of drug-likeness (QED) is 0.220. The Morgan fingerprint density at radius 1 is 1.16 bits per heavy atom. The molecule has 0 aromatic carbocycles. The van der Waals surface area contributed by atoms with Crippen molar-refractivity contribution >= 4 is 11.8 Å². The number of unbranched alkanes of at least 4 members (excludes halogenated alkanes) is 1. The molecule has 186 valence electrons. The topological polar surface area (TPSA) is 43.7 Å². The van der Waals surface area contributed by atoms with E-state index in [1.165, 1.54) is 43.7 Å². The number of thioether (sulfide) groups is 1. The molecule has 2 aliphatic carbocycles. The molecule has 1 fully saturated rings. The van der Waals surface area contributed by atoms with Crippen molar-refractivity contribution in [3.05, 3.63) is 23.8 Å². The molecular formula is C28H51NO2S. The lowest BCUT2D eigenvalue weighted by Crippen LogP contribution is -2.38. The third kappa shape index (κ3) is 8.81. The van der Waals surface area contributed by atoms with Gasteiger partial charge in [-0.05, 0) is 76.9 Å².